The number of rotatable bonds is 6. The summed E-state index contributed by atoms with van der Waals surface area (Å²) in [5.74, 6) is 0. The van der Waals surface area contributed by atoms with Gasteiger partial charge in [-0.05, 0) is 44.4 Å². The molecule has 0 N–H and O–H groups in total. The van der Waals surface area contributed by atoms with Gasteiger partial charge in [-0.1, -0.05) is 29.8 Å². The van der Waals surface area contributed by atoms with Crippen LogP contribution in [0.15, 0.2) is 47.9 Å². The molecule has 6 nitrogen and oxygen atoms in total. The van der Waals surface area contributed by atoms with E-state index in [1.165, 1.54) is 22.5 Å². The van der Waals surface area contributed by atoms with Crippen molar-refractivity contribution in [2.75, 3.05) is 10.8 Å². The van der Waals surface area contributed by atoms with Crippen molar-refractivity contribution < 1.29 is 13.3 Å². The van der Waals surface area contributed by atoms with E-state index in [-0.39, 0.29) is 17.1 Å². The van der Waals surface area contributed by atoms with Gasteiger partial charge >= 0.3 is 0 Å². The lowest BCUT2D eigenvalue weighted by molar-refractivity contribution is -0.385. The van der Waals surface area contributed by atoms with Crippen LogP contribution in [-0.2, 0) is 10.0 Å². The minimum Gasteiger partial charge on any atom is -0.262 e. The van der Waals surface area contributed by atoms with Crippen LogP contribution in [0.1, 0.15) is 22.3 Å². The zero-order valence-electron chi connectivity index (χ0n) is 15.3. The van der Waals surface area contributed by atoms with Crippen LogP contribution in [0.3, 0.4) is 0 Å². The molecule has 0 saturated heterocycles. The fourth-order valence-electron chi connectivity index (χ4n) is 3.09. The molecule has 138 valence electrons. The van der Waals surface area contributed by atoms with Crippen molar-refractivity contribution >= 4 is 21.4 Å². The quantitative estimate of drug-likeness (QED) is 0.431. The van der Waals surface area contributed by atoms with E-state index < -0.39 is 14.9 Å². The SMILES string of the molecule is C=CCN(c1c(C)cc(C)cc1C)S(=O)(=O)c1cc([N+](=O)[O-])ccc1C. The second-order valence-electron chi connectivity index (χ2n) is 6.28. The van der Waals surface area contributed by atoms with Crippen LogP contribution in [0.4, 0.5) is 11.4 Å². The van der Waals surface area contributed by atoms with Crippen molar-refractivity contribution in [1.29, 1.82) is 0 Å². The molecular formula is C19H22N2O4S. The highest BCUT2D eigenvalue weighted by Crippen LogP contribution is 2.33. The largest absolute Gasteiger partial charge is 0.270 e. The second kappa shape index (κ2) is 7.29. The minimum absolute atomic E-state index is 0.0647. The molecule has 2 rings (SSSR count). The van der Waals surface area contributed by atoms with E-state index >= 15 is 0 Å². The highest BCUT2D eigenvalue weighted by atomic mass is 32.2. The summed E-state index contributed by atoms with van der Waals surface area (Å²) in [6.45, 7) is 11.0. The van der Waals surface area contributed by atoms with E-state index in [0.29, 0.717) is 11.3 Å². The summed E-state index contributed by atoms with van der Waals surface area (Å²) in [5, 5.41) is 11.1. The summed E-state index contributed by atoms with van der Waals surface area (Å²) in [4.78, 5) is 10.4. The van der Waals surface area contributed by atoms with Crippen LogP contribution < -0.4 is 4.31 Å². The average molecular weight is 374 g/mol. The Morgan fingerprint density at radius 1 is 1.08 bits per heavy atom. The van der Waals surface area contributed by atoms with Crippen molar-refractivity contribution in [2.45, 2.75) is 32.6 Å². The third-order valence-corrected chi connectivity index (χ3v) is 6.04. The molecule has 0 spiro atoms. The van der Waals surface area contributed by atoms with Gasteiger partial charge < -0.3 is 0 Å². The maximum Gasteiger partial charge on any atom is 0.270 e. The Kier molecular flexibility index (Phi) is 5.51. The summed E-state index contributed by atoms with van der Waals surface area (Å²) in [7, 11) is -4.00. The maximum atomic E-state index is 13.4. The average Bonchev–Trinajstić information content (AvgIpc) is 2.53. The molecule has 0 aliphatic carbocycles. The zero-order valence-corrected chi connectivity index (χ0v) is 16.1. The molecule has 0 aromatic heterocycles. The van der Waals surface area contributed by atoms with Gasteiger partial charge in [0.2, 0.25) is 0 Å². The lowest BCUT2D eigenvalue weighted by Gasteiger charge is -2.27. The van der Waals surface area contributed by atoms with E-state index in [0.717, 1.165) is 22.8 Å². The topological polar surface area (TPSA) is 80.5 Å². The fraction of sp³-hybridized carbons (Fsp3) is 0.263. The van der Waals surface area contributed by atoms with E-state index in [2.05, 4.69) is 6.58 Å². The van der Waals surface area contributed by atoms with Crippen molar-refractivity contribution in [3.8, 4) is 0 Å². The molecule has 7 heteroatoms. The van der Waals surface area contributed by atoms with Crippen LogP contribution in [0.2, 0.25) is 0 Å². The molecule has 0 aliphatic rings. The third-order valence-electron chi connectivity index (χ3n) is 4.13. The van der Waals surface area contributed by atoms with Gasteiger partial charge in [0, 0.05) is 12.1 Å². The van der Waals surface area contributed by atoms with Crippen molar-refractivity contribution in [3.05, 3.63) is 75.4 Å². The van der Waals surface area contributed by atoms with Gasteiger partial charge in [0.25, 0.3) is 15.7 Å². The Balaban J connectivity index is 2.73. The molecule has 0 amide bonds. The van der Waals surface area contributed by atoms with Crippen molar-refractivity contribution in [1.82, 2.24) is 0 Å². The number of nitrogens with zero attached hydrogens (tertiary/aromatic N) is 2. The molecule has 0 fully saturated rings. The molecule has 2 aromatic rings. The number of aryl methyl sites for hydroxylation is 4. The van der Waals surface area contributed by atoms with Crippen LogP contribution in [0.25, 0.3) is 0 Å². The first kappa shape index (κ1) is 19.7. The standard InChI is InChI=1S/C19H22N2O4S/c1-6-9-20(19-15(4)10-13(2)11-16(19)5)26(24,25)18-12-17(21(22)23)8-7-14(18)3/h6-8,10-12H,1,9H2,2-5H3. The molecule has 0 heterocycles. The maximum absolute atomic E-state index is 13.4. The van der Waals surface area contributed by atoms with Crippen LogP contribution in [0, 0.1) is 37.8 Å². The Bertz CT molecular complexity index is 958. The number of sulfonamides is 1. The number of benzene rings is 2. The van der Waals surface area contributed by atoms with E-state index in [1.54, 1.807) is 6.92 Å². The normalized spacial score (nSPS) is 11.2. The molecule has 26 heavy (non-hydrogen) atoms. The number of hydrogen-bond acceptors (Lipinski definition) is 4. The second-order valence-corrected chi connectivity index (χ2v) is 8.11. The Hall–Kier alpha value is -2.67. The lowest BCUT2D eigenvalue weighted by atomic mass is 10.1. The van der Waals surface area contributed by atoms with Crippen LogP contribution in [0.5, 0.6) is 0 Å². The predicted molar refractivity (Wildman–Crippen MR) is 103 cm³/mol. The third kappa shape index (κ3) is 3.62. The Morgan fingerprint density at radius 2 is 1.65 bits per heavy atom. The lowest BCUT2D eigenvalue weighted by Crippen LogP contribution is -2.33. The molecule has 0 bridgehead atoms. The summed E-state index contributed by atoms with van der Waals surface area (Å²) < 4.78 is 28.0. The Labute approximate surface area is 154 Å². The van der Waals surface area contributed by atoms with Gasteiger partial charge in [-0.2, -0.15) is 0 Å². The summed E-state index contributed by atoms with van der Waals surface area (Å²) in [6.07, 6.45) is 1.50. The van der Waals surface area contributed by atoms with Crippen molar-refractivity contribution in [2.24, 2.45) is 0 Å². The number of nitro groups is 1. The number of anilines is 1. The molecule has 2 aromatic carbocycles. The van der Waals surface area contributed by atoms with Crippen LogP contribution in [-0.4, -0.2) is 19.9 Å². The van der Waals surface area contributed by atoms with Gasteiger partial charge in [-0.25, -0.2) is 8.42 Å². The zero-order chi connectivity index (χ0) is 19.6. The van der Waals surface area contributed by atoms with E-state index in [4.69, 9.17) is 0 Å². The van der Waals surface area contributed by atoms with E-state index in [1.807, 2.05) is 32.9 Å². The first-order valence-corrected chi connectivity index (χ1v) is 9.50. The first-order chi connectivity index (χ1) is 12.1. The number of nitro benzene ring substituents is 1. The van der Waals surface area contributed by atoms with Gasteiger partial charge in [0.05, 0.1) is 22.1 Å². The van der Waals surface area contributed by atoms with Gasteiger partial charge in [0.1, 0.15) is 0 Å². The fourth-order valence-corrected chi connectivity index (χ4v) is 4.90. The Morgan fingerprint density at radius 3 is 2.15 bits per heavy atom. The summed E-state index contributed by atoms with van der Waals surface area (Å²) >= 11 is 0. The van der Waals surface area contributed by atoms with Gasteiger partial charge in [0.15, 0.2) is 0 Å². The van der Waals surface area contributed by atoms with Crippen molar-refractivity contribution in [3.63, 3.8) is 0 Å². The smallest absolute Gasteiger partial charge is 0.262 e. The summed E-state index contributed by atoms with van der Waals surface area (Å²) in [6, 6.07) is 7.68. The van der Waals surface area contributed by atoms with E-state index in [9.17, 15) is 18.5 Å². The molecular weight excluding hydrogens is 352 g/mol. The molecule has 0 saturated carbocycles. The molecule has 0 atom stereocenters. The minimum atomic E-state index is -4.00. The number of hydrogen-bond donors (Lipinski definition) is 0. The highest BCUT2D eigenvalue weighted by molar-refractivity contribution is 7.93. The monoisotopic (exact) mass is 374 g/mol. The molecule has 0 aliphatic heterocycles. The van der Waals surface area contributed by atoms with Crippen LogP contribution >= 0.6 is 0 Å². The predicted octanol–water partition coefficient (Wildman–Crippen LogP) is 4.21. The molecule has 0 radical (unpaired) electrons. The highest BCUT2D eigenvalue weighted by Gasteiger charge is 2.29. The van der Waals surface area contributed by atoms with Gasteiger partial charge in [-0.3, -0.25) is 14.4 Å². The molecule has 0 unspecified atom stereocenters. The number of non-ortho nitro benzene ring substituents is 1. The van der Waals surface area contributed by atoms with Gasteiger partial charge in [-0.15, -0.1) is 6.58 Å². The summed E-state index contributed by atoms with van der Waals surface area (Å²) in [5.41, 5.74) is 3.43. The first-order valence-electron chi connectivity index (χ1n) is 8.06.